The van der Waals surface area contributed by atoms with E-state index in [1.807, 2.05) is 0 Å². The van der Waals surface area contributed by atoms with Crippen molar-refractivity contribution in [2.75, 3.05) is 19.1 Å². The lowest BCUT2D eigenvalue weighted by Crippen LogP contribution is -2.26. The van der Waals surface area contributed by atoms with Crippen LogP contribution in [-0.2, 0) is 26.1 Å². The van der Waals surface area contributed by atoms with E-state index in [9.17, 15) is 9.59 Å². The average Bonchev–Trinajstić information content (AvgIpc) is 3.01. The Kier molecular flexibility index (Phi) is 5.11. The summed E-state index contributed by atoms with van der Waals surface area (Å²) in [5.41, 5.74) is 1.55. The quantitative estimate of drug-likeness (QED) is 0.747. The Balaban J connectivity index is 2.04. The van der Waals surface area contributed by atoms with Crippen LogP contribution in [0.3, 0.4) is 0 Å². The van der Waals surface area contributed by atoms with E-state index in [2.05, 4.69) is 15.4 Å². The first-order valence-electron chi connectivity index (χ1n) is 7.94. The number of aromatic nitrogens is 4. The maximum absolute atomic E-state index is 12.4. The third-order valence-electron chi connectivity index (χ3n) is 3.80. The first-order valence-corrected chi connectivity index (χ1v) is 7.94. The molecule has 0 bridgehead atoms. The Labute approximate surface area is 155 Å². The summed E-state index contributed by atoms with van der Waals surface area (Å²) in [5.74, 6) is -0.817. The van der Waals surface area contributed by atoms with Crippen molar-refractivity contribution in [3.63, 3.8) is 0 Å². The van der Waals surface area contributed by atoms with Gasteiger partial charge < -0.3 is 14.4 Å². The second-order valence-corrected chi connectivity index (χ2v) is 5.47. The minimum absolute atomic E-state index is 0.0553. The second-order valence-electron chi connectivity index (χ2n) is 5.47. The van der Waals surface area contributed by atoms with Crippen molar-refractivity contribution in [1.29, 1.82) is 0 Å². The van der Waals surface area contributed by atoms with Crippen LogP contribution in [0.25, 0.3) is 11.4 Å². The third kappa shape index (κ3) is 3.61. The number of carbonyl (C=O) groups excluding carboxylic acids is 2. The molecular weight excluding hydrogens is 350 g/mol. The zero-order valence-corrected chi connectivity index (χ0v) is 15.0. The van der Waals surface area contributed by atoms with Gasteiger partial charge in [0.05, 0.1) is 26.8 Å². The zero-order chi connectivity index (χ0) is 19.4. The molecule has 9 heteroatoms. The first-order chi connectivity index (χ1) is 13.0. The molecule has 1 aliphatic heterocycles. The molecule has 27 heavy (non-hydrogen) atoms. The number of esters is 2. The van der Waals surface area contributed by atoms with Gasteiger partial charge in [-0.05, 0) is 41.6 Å². The monoisotopic (exact) mass is 367 g/mol. The van der Waals surface area contributed by atoms with Gasteiger partial charge in [-0.25, -0.2) is 9.59 Å². The predicted octanol–water partition coefficient (Wildman–Crippen LogP) is 1.37. The highest BCUT2D eigenvalue weighted by molar-refractivity contribution is 6.05. The molecule has 0 aliphatic carbocycles. The van der Waals surface area contributed by atoms with Crippen LogP contribution in [0.4, 0.5) is 5.69 Å². The standard InChI is InChI=1S/C18H17N5O4/c1-22-20-16(19-21-22)12-7-9-13(10-8-12)23-11-5-4-6-14(17(24)26-2)15(23)18(25)27-3/h4-11H,1-3H3. The Hall–Kier alpha value is -3.75. The number of rotatable bonds is 4. The van der Waals surface area contributed by atoms with E-state index in [1.54, 1.807) is 54.6 Å². The van der Waals surface area contributed by atoms with Crippen molar-refractivity contribution >= 4 is 17.6 Å². The number of carbonyl (C=O) groups is 2. The summed E-state index contributed by atoms with van der Waals surface area (Å²) in [6, 6.07) is 7.15. The van der Waals surface area contributed by atoms with Crippen molar-refractivity contribution in [2.45, 2.75) is 0 Å². The van der Waals surface area contributed by atoms with Gasteiger partial charge in [0, 0.05) is 17.5 Å². The lowest BCUT2D eigenvalue weighted by molar-refractivity contribution is -0.139. The van der Waals surface area contributed by atoms with Gasteiger partial charge in [0.2, 0.25) is 5.82 Å². The number of allylic oxidation sites excluding steroid dienone is 2. The highest BCUT2D eigenvalue weighted by Crippen LogP contribution is 2.27. The fraction of sp³-hybridized carbons (Fsp3) is 0.167. The Morgan fingerprint density at radius 2 is 1.70 bits per heavy atom. The molecule has 0 saturated carbocycles. The molecule has 138 valence electrons. The predicted molar refractivity (Wildman–Crippen MR) is 96.1 cm³/mol. The minimum atomic E-state index is -0.661. The van der Waals surface area contributed by atoms with Crippen LogP contribution in [0.15, 0.2) is 60.0 Å². The molecule has 2 heterocycles. The highest BCUT2D eigenvalue weighted by Gasteiger charge is 2.27. The first kappa shape index (κ1) is 18.1. The molecule has 0 unspecified atom stereocenters. The summed E-state index contributed by atoms with van der Waals surface area (Å²) in [7, 11) is 4.19. The Morgan fingerprint density at radius 1 is 1.00 bits per heavy atom. The summed E-state index contributed by atoms with van der Waals surface area (Å²) in [5, 5.41) is 11.9. The zero-order valence-electron chi connectivity index (χ0n) is 15.0. The Morgan fingerprint density at radius 3 is 2.30 bits per heavy atom. The number of ether oxygens (including phenoxy) is 2. The van der Waals surface area contributed by atoms with Gasteiger partial charge in [-0.3, -0.25) is 0 Å². The maximum atomic E-state index is 12.4. The smallest absolute Gasteiger partial charge is 0.355 e. The number of benzene rings is 1. The van der Waals surface area contributed by atoms with Crippen molar-refractivity contribution < 1.29 is 19.1 Å². The van der Waals surface area contributed by atoms with Crippen molar-refractivity contribution in [1.82, 2.24) is 20.2 Å². The molecule has 0 fully saturated rings. The van der Waals surface area contributed by atoms with Crippen LogP contribution in [0, 0.1) is 0 Å². The molecule has 0 saturated heterocycles. The van der Waals surface area contributed by atoms with Crippen LogP contribution in [-0.4, -0.2) is 46.4 Å². The summed E-state index contributed by atoms with van der Waals surface area (Å²) < 4.78 is 9.67. The number of methoxy groups -OCH3 is 2. The van der Waals surface area contributed by atoms with E-state index in [0.717, 1.165) is 5.56 Å². The van der Waals surface area contributed by atoms with Gasteiger partial charge in [-0.15, -0.1) is 10.2 Å². The molecule has 1 aromatic heterocycles. The van der Waals surface area contributed by atoms with Crippen molar-refractivity contribution in [2.24, 2.45) is 7.05 Å². The number of tetrazole rings is 1. The summed E-state index contributed by atoms with van der Waals surface area (Å²) in [6.07, 6.45) is 6.52. The molecule has 0 amide bonds. The van der Waals surface area contributed by atoms with E-state index in [-0.39, 0.29) is 11.3 Å². The molecule has 3 rings (SSSR count). The van der Waals surface area contributed by atoms with Crippen molar-refractivity contribution in [3.8, 4) is 11.4 Å². The maximum Gasteiger partial charge on any atom is 0.355 e. The van der Waals surface area contributed by atoms with Crippen molar-refractivity contribution in [3.05, 3.63) is 60.0 Å². The largest absolute Gasteiger partial charge is 0.465 e. The summed E-state index contributed by atoms with van der Waals surface area (Å²) >= 11 is 0. The number of hydrogen-bond donors (Lipinski definition) is 0. The van der Waals surface area contributed by atoms with E-state index in [0.29, 0.717) is 11.5 Å². The second kappa shape index (κ2) is 7.65. The molecule has 1 aromatic carbocycles. The lowest BCUT2D eigenvalue weighted by Gasteiger charge is -2.23. The van der Waals surface area contributed by atoms with Crippen LogP contribution in [0.1, 0.15) is 0 Å². The number of aryl methyl sites for hydroxylation is 1. The molecule has 0 N–H and O–H groups in total. The van der Waals surface area contributed by atoms with Crippen LogP contribution < -0.4 is 4.90 Å². The topological polar surface area (TPSA) is 99.4 Å². The van der Waals surface area contributed by atoms with Gasteiger partial charge in [0.15, 0.2) is 0 Å². The SMILES string of the molecule is COC(=O)C1=C(C(=O)OC)N(c2ccc(-c3nnn(C)n3)cc2)C=CC=C1. The fourth-order valence-electron chi connectivity index (χ4n) is 2.54. The van der Waals surface area contributed by atoms with E-state index < -0.39 is 11.9 Å². The van der Waals surface area contributed by atoms with Gasteiger partial charge in [0.1, 0.15) is 5.70 Å². The average molecular weight is 367 g/mol. The van der Waals surface area contributed by atoms with Gasteiger partial charge in [0.25, 0.3) is 0 Å². The number of anilines is 1. The normalized spacial score (nSPS) is 13.5. The molecule has 2 aromatic rings. The van der Waals surface area contributed by atoms with Crippen LogP contribution >= 0.6 is 0 Å². The van der Waals surface area contributed by atoms with E-state index in [4.69, 9.17) is 9.47 Å². The third-order valence-corrected chi connectivity index (χ3v) is 3.80. The summed E-state index contributed by atoms with van der Waals surface area (Å²) in [6.45, 7) is 0. The number of nitrogens with zero attached hydrogens (tertiary/aromatic N) is 5. The molecule has 0 atom stereocenters. The lowest BCUT2D eigenvalue weighted by atomic mass is 10.1. The Bertz CT molecular complexity index is 956. The van der Waals surface area contributed by atoms with Gasteiger partial charge >= 0.3 is 11.9 Å². The molecular formula is C18H17N5O4. The molecule has 0 radical (unpaired) electrons. The minimum Gasteiger partial charge on any atom is -0.465 e. The number of hydrogen-bond acceptors (Lipinski definition) is 8. The van der Waals surface area contributed by atoms with Gasteiger partial charge in [-0.2, -0.15) is 4.80 Å². The van der Waals surface area contributed by atoms with E-state index >= 15 is 0 Å². The fourth-order valence-corrected chi connectivity index (χ4v) is 2.54. The molecule has 9 nitrogen and oxygen atoms in total. The van der Waals surface area contributed by atoms with Gasteiger partial charge in [-0.1, -0.05) is 6.08 Å². The highest BCUT2D eigenvalue weighted by atomic mass is 16.5. The summed E-state index contributed by atoms with van der Waals surface area (Å²) in [4.78, 5) is 27.5. The van der Waals surface area contributed by atoms with Crippen LogP contribution in [0.2, 0.25) is 0 Å². The molecule has 0 spiro atoms. The van der Waals surface area contributed by atoms with Crippen LogP contribution in [0.5, 0.6) is 0 Å². The molecule has 1 aliphatic rings. The van der Waals surface area contributed by atoms with E-state index in [1.165, 1.54) is 25.1 Å².